The first-order valence-corrected chi connectivity index (χ1v) is 7.65. The molecule has 0 aromatic heterocycles. The zero-order chi connectivity index (χ0) is 14.6. The van der Waals surface area contributed by atoms with Crippen LogP contribution in [0.15, 0.2) is 18.2 Å². The molecular formula is C16H22ClNO2. The Hall–Kier alpha value is -1.06. The van der Waals surface area contributed by atoms with Crippen molar-refractivity contribution < 1.29 is 9.90 Å². The van der Waals surface area contributed by atoms with Crippen LogP contribution < -0.4 is 5.32 Å². The van der Waals surface area contributed by atoms with Gasteiger partial charge in [-0.25, -0.2) is 0 Å². The molecule has 4 heteroatoms. The minimum absolute atomic E-state index is 0.164. The van der Waals surface area contributed by atoms with Gasteiger partial charge in [0.1, 0.15) is 0 Å². The summed E-state index contributed by atoms with van der Waals surface area (Å²) in [4.78, 5) is 12.2. The lowest BCUT2D eigenvalue weighted by Gasteiger charge is -2.27. The lowest BCUT2D eigenvalue weighted by atomic mass is 9.94. The van der Waals surface area contributed by atoms with Gasteiger partial charge in [0.15, 0.2) is 0 Å². The van der Waals surface area contributed by atoms with E-state index in [4.69, 9.17) is 11.6 Å². The number of hydrogen-bond acceptors (Lipinski definition) is 2. The van der Waals surface area contributed by atoms with E-state index in [-0.39, 0.29) is 5.91 Å². The van der Waals surface area contributed by atoms with Crippen molar-refractivity contribution in [2.75, 3.05) is 6.54 Å². The van der Waals surface area contributed by atoms with Gasteiger partial charge in [0.05, 0.1) is 5.60 Å². The number of aliphatic hydroxyl groups is 1. The Morgan fingerprint density at radius 3 is 2.60 bits per heavy atom. The average molecular weight is 296 g/mol. The van der Waals surface area contributed by atoms with Crippen molar-refractivity contribution in [2.24, 2.45) is 0 Å². The van der Waals surface area contributed by atoms with Gasteiger partial charge >= 0.3 is 0 Å². The predicted molar refractivity (Wildman–Crippen MR) is 81.2 cm³/mol. The molecule has 0 unspecified atom stereocenters. The summed E-state index contributed by atoms with van der Waals surface area (Å²) in [6.07, 6.45) is 5.93. The van der Waals surface area contributed by atoms with Crippen LogP contribution in [-0.2, 0) is 0 Å². The van der Waals surface area contributed by atoms with E-state index in [2.05, 4.69) is 5.32 Å². The molecule has 0 saturated heterocycles. The van der Waals surface area contributed by atoms with Crippen molar-refractivity contribution in [2.45, 2.75) is 51.0 Å². The van der Waals surface area contributed by atoms with Crippen LogP contribution in [0.5, 0.6) is 0 Å². The molecule has 1 aromatic carbocycles. The van der Waals surface area contributed by atoms with Crippen LogP contribution in [0, 0.1) is 6.92 Å². The molecule has 2 rings (SSSR count). The Morgan fingerprint density at radius 2 is 1.95 bits per heavy atom. The summed E-state index contributed by atoms with van der Waals surface area (Å²) in [5.41, 5.74) is 0.716. The molecule has 110 valence electrons. The quantitative estimate of drug-likeness (QED) is 0.839. The van der Waals surface area contributed by atoms with Crippen molar-refractivity contribution >= 4 is 17.5 Å². The van der Waals surface area contributed by atoms with Crippen LogP contribution in [0.25, 0.3) is 0 Å². The fraction of sp³-hybridized carbons (Fsp3) is 0.562. The van der Waals surface area contributed by atoms with Gasteiger partial charge in [-0.15, -0.1) is 0 Å². The zero-order valence-corrected chi connectivity index (χ0v) is 12.7. The van der Waals surface area contributed by atoms with E-state index in [1.54, 1.807) is 12.1 Å². The van der Waals surface area contributed by atoms with Gasteiger partial charge in [-0.2, -0.15) is 0 Å². The minimum atomic E-state index is -0.751. The van der Waals surface area contributed by atoms with Gasteiger partial charge in [-0.3, -0.25) is 4.79 Å². The van der Waals surface area contributed by atoms with Crippen LogP contribution >= 0.6 is 11.6 Å². The highest BCUT2D eigenvalue weighted by Crippen LogP contribution is 2.26. The highest BCUT2D eigenvalue weighted by molar-refractivity contribution is 6.31. The van der Waals surface area contributed by atoms with Gasteiger partial charge < -0.3 is 10.4 Å². The van der Waals surface area contributed by atoms with Gasteiger partial charge in [-0.1, -0.05) is 43.4 Å². The third-order valence-corrected chi connectivity index (χ3v) is 4.29. The summed E-state index contributed by atoms with van der Waals surface area (Å²) >= 11 is 5.93. The topological polar surface area (TPSA) is 49.3 Å². The fourth-order valence-corrected chi connectivity index (χ4v) is 2.91. The Bertz CT molecular complexity index is 479. The average Bonchev–Trinajstić information content (AvgIpc) is 2.64. The number of nitrogens with one attached hydrogen (secondary N) is 1. The molecule has 0 spiro atoms. The minimum Gasteiger partial charge on any atom is -0.388 e. The van der Waals surface area contributed by atoms with E-state index < -0.39 is 5.60 Å². The molecule has 1 fully saturated rings. The van der Waals surface area contributed by atoms with Crippen LogP contribution in [0.3, 0.4) is 0 Å². The molecule has 1 amide bonds. The van der Waals surface area contributed by atoms with E-state index in [9.17, 15) is 9.90 Å². The van der Waals surface area contributed by atoms with E-state index in [1.165, 1.54) is 12.8 Å². The molecule has 0 bridgehead atoms. The third-order valence-electron chi connectivity index (χ3n) is 4.06. The normalized spacial score (nSPS) is 18.4. The number of halogens is 1. The monoisotopic (exact) mass is 295 g/mol. The molecule has 1 aromatic rings. The number of rotatable bonds is 3. The number of amides is 1. The number of carbonyl (C=O) groups excluding carboxylic acids is 1. The SMILES string of the molecule is Cc1ccc(Cl)cc1C(=O)NCC1(O)CCCCCC1. The molecule has 1 aliphatic rings. The molecule has 1 aliphatic carbocycles. The lowest BCUT2D eigenvalue weighted by molar-refractivity contribution is 0.0246. The first-order valence-electron chi connectivity index (χ1n) is 7.27. The van der Waals surface area contributed by atoms with Gasteiger partial charge in [0, 0.05) is 17.1 Å². The maximum absolute atomic E-state index is 12.2. The second kappa shape index (κ2) is 6.59. The fourth-order valence-electron chi connectivity index (χ4n) is 2.74. The summed E-state index contributed by atoms with van der Waals surface area (Å²) in [6.45, 7) is 2.20. The first kappa shape index (κ1) is 15.3. The maximum atomic E-state index is 12.2. The molecule has 3 nitrogen and oxygen atoms in total. The lowest BCUT2D eigenvalue weighted by Crippen LogP contribution is -2.42. The molecule has 0 radical (unpaired) electrons. The van der Waals surface area contributed by atoms with Crippen molar-refractivity contribution in [3.8, 4) is 0 Å². The van der Waals surface area contributed by atoms with Gasteiger partial charge in [0.2, 0.25) is 0 Å². The molecule has 1 saturated carbocycles. The largest absolute Gasteiger partial charge is 0.388 e. The molecule has 0 atom stereocenters. The number of carbonyl (C=O) groups is 1. The Balaban J connectivity index is 1.99. The third kappa shape index (κ3) is 3.97. The van der Waals surface area contributed by atoms with E-state index >= 15 is 0 Å². The zero-order valence-electron chi connectivity index (χ0n) is 11.9. The molecule has 0 aliphatic heterocycles. The van der Waals surface area contributed by atoms with Gasteiger partial charge in [-0.05, 0) is 37.5 Å². The second-order valence-electron chi connectivity index (χ2n) is 5.78. The highest BCUT2D eigenvalue weighted by atomic mass is 35.5. The van der Waals surface area contributed by atoms with Crippen molar-refractivity contribution in [1.29, 1.82) is 0 Å². The molecular weight excluding hydrogens is 274 g/mol. The molecule has 2 N–H and O–H groups in total. The number of hydrogen-bond donors (Lipinski definition) is 2. The summed E-state index contributed by atoms with van der Waals surface area (Å²) in [6, 6.07) is 5.27. The Morgan fingerprint density at radius 1 is 1.30 bits per heavy atom. The van der Waals surface area contributed by atoms with Crippen LogP contribution in [-0.4, -0.2) is 23.2 Å². The first-order chi connectivity index (χ1) is 9.50. The Kier molecular flexibility index (Phi) is 5.06. The van der Waals surface area contributed by atoms with Crippen molar-refractivity contribution in [1.82, 2.24) is 5.32 Å². The second-order valence-corrected chi connectivity index (χ2v) is 6.22. The molecule has 0 heterocycles. The number of aryl methyl sites for hydroxylation is 1. The van der Waals surface area contributed by atoms with Gasteiger partial charge in [0.25, 0.3) is 5.91 Å². The van der Waals surface area contributed by atoms with E-state index in [1.807, 2.05) is 13.0 Å². The van der Waals surface area contributed by atoms with Crippen LogP contribution in [0.2, 0.25) is 5.02 Å². The molecule has 20 heavy (non-hydrogen) atoms. The Labute approximate surface area is 125 Å². The van der Waals surface area contributed by atoms with Crippen LogP contribution in [0.1, 0.15) is 54.4 Å². The maximum Gasteiger partial charge on any atom is 0.251 e. The summed E-state index contributed by atoms with van der Waals surface area (Å²) in [5.74, 6) is -0.164. The van der Waals surface area contributed by atoms with E-state index in [0.717, 1.165) is 31.2 Å². The smallest absolute Gasteiger partial charge is 0.251 e. The predicted octanol–water partition coefficient (Wildman–Crippen LogP) is 3.46. The highest BCUT2D eigenvalue weighted by Gasteiger charge is 2.28. The van der Waals surface area contributed by atoms with Crippen molar-refractivity contribution in [3.05, 3.63) is 34.3 Å². The summed E-state index contributed by atoms with van der Waals surface area (Å²) in [5, 5.41) is 13.9. The summed E-state index contributed by atoms with van der Waals surface area (Å²) in [7, 11) is 0. The van der Waals surface area contributed by atoms with E-state index in [0.29, 0.717) is 17.1 Å². The number of benzene rings is 1. The van der Waals surface area contributed by atoms with Crippen molar-refractivity contribution in [3.63, 3.8) is 0 Å². The standard InChI is InChI=1S/C16H22ClNO2/c1-12-6-7-13(17)10-14(12)15(19)18-11-16(20)8-4-2-3-5-9-16/h6-7,10,20H,2-5,8-9,11H2,1H3,(H,18,19). The summed E-state index contributed by atoms with van der Waals surface area (Å²) < 4.78 is 0. The van der Waals surface area contributed by atoms with Crippen LogP contribution in [0.4, 0.5) is 0 Å².